The van der Waals surface area contributed by atoms with Crippen LogP contribution in [0, 0.1) is 13.8 Å². The second-order valence-corrected chi connectivity index (χ2v) is 8.01. The normalized spacial score (nSPS) is 18.0. The summed E-state index contributed by atoms with van der Waals surface area (Å²) in [5.41, 5.74) is 4.07. The number of halogens is 1. The third-order valence-electron chi connectivity index (χ3n) is 6.02. The highest BCUT2D eigenvalue weighted by atomic mass is 35.5. The zero-order valence-corrected chi connectivity index (χ0v) is 17.1. The number of carbonyl (C=O) groups is 1. The fraction of sp³-hybridized carbons (Fsp3) is 0.524. The molecule has 1 aliphatic heterocycles. The Bertz CT molecular complexity index is 799. The highest BCUT2D eigenvalue weighted by Gasteiger charge is 2.35. The summed E-state index contributed by atoms with van der Waals surface area (Å²) in [6.45, 7) is 11.3. The lowest BCUT2D eigenvalue weighted by Gasteiger charge is -2.24. The maximum Gasteiger partial charge on any atom is 0.251 e. The van der Waals surface area contributed by atoms with Crippen LogP contribution in [0.3, 0.4) is 0 Å². The number of hydrogen-bond donors (Lipinski definition) is 0. The number of aryl methyl sites for hydroxylation is 2. The molecule has 1 aliphatic rings. The highest BCUT2D eigenvalue weighted by Crippen LogP contribution is 2.34. The number of rotatable bonds is 5. The Morgan fingerprint density at radius 1 is 1.23 bits per heavy atom. The molecule has 0 bridgehead atoms. The van der Waals surface area contributed by atoms with Gasteiger partial charge in [0.15, 0.2) is 0 Å². The van der Waals surface area contributed by atoms with Gasteiger partial charge >= 0.3 is 0 Å². The Balaban J connectivity index is 1.85. The van der Waals surface area contributed by atoms with Crippen molar-refractivity contribution in [3.8, 4) is 0 Å². The monoisotopic (exact) mass is 373 g/mol. The first-order valence-corrected chi connectivity index (χ1v) is 9.82. The second-order valence-electron chi connectivity index (χ2n) is 7.64. The number of carbonyl (C=O) groups excluding carboxylic acids is 1. The summed E-state index contributed by atoms with van der Waals surface area (Å²) >= 11 is 6.27. The van der Waals surface area contributed by atoms with Crippen molar-refractivity contribution in [1.29, 1.82) is 0 Å². The summed E-state index contributed by atoms with van der Waals surface area (Å²) in [6, 6.07) is 5.84. The SMILES string of the molecule is CCC(C)(CC)c1ccn(C2CCN(c3cc(C)c(Cl)c(C)c3)C2=O)n1. The Labute approximate surface area is 161 Å². The van der Waals surface area contributed by atoms with E-state index in [4.69, 9.17) is 16.7 Å². The Hall–Kier alpha value is -1.81. The molecule has 5 heteroatoms. The number of anilines is 1. The van der Waals surface area contributed by atoms with E-state index < -0.39 is 0 Å². The largest absolute Gasteiger partial charge is 0.310 e. The maximum atomic E-state index is 13.0. The van der Waals surface area contributed by atoms with Gasteiger partial charge in [0.25, 0.3) is 5.91 Å². The van der Waals surface area contributed by atoms with Crippen LogP contribution in [0.4, 0.5) is 5.69 Å². The van der Waals surface area contributed by atoms with Crippen LogP contribution in [0.25, 0.3) is 0 Å². The Morgan fingerprint density at radius 3 is 2.42 bits per heavy atom. The summed E-state index contributed by atoms with van der Waals surface area (Å²) in [7, 11) is 0. The maximum absolute atomic E-state index is 13.0. The van der Waals surface area contributed by atoms with Gasteiger partial charge in [0.05, 0.1) is 5.69 Å². The van der Waals surface area contributed by atoms with Crippen molar-refractivity contribution in [2.75, 3.05) is 11.4 Å². The van der Waals surface area contributed by atoms with Gasteiger partial charge in [-0.15, -0.1) is 0 Å². The quantitative estimate of drug-likeness (QED) is 0.721. The molecule has 1 atom stereocenters. The van der Waals surface area contributed by atoms with Gasteiger partial charge in [-0.3, -0.25) is 9.48 Å². The van der Waals surface area contributed by atoms with Gasteiger partial charge in [-0.2, -0.15) is 5.10 Å². The van der Waals surface area contributed by atoms with Crippen LogP contribution in [-0.2, 0) is 10.2 Å². The third-order valence-corrected chi connectivity index (χ3v) is 6.61. The second kappa shape index (κ2) is 7.07. The summed E-state index contributed by atoms with van der Waals surface area (Å²) in [5.74, 6) is 0.107. The van der Waals surface area contributed by atoms with Gasteiger partial charge in [-0.25, -0.2) is 0 Å². The smallest absolute Gasteiger partial charge is 0.251 e. The van der Waals surface area contributed by atoms with E-state index >= 15 is 0 Å². The molecule has 3 rings (SSSR count). The average molecular weight is 374 g/mol. The van der Waals surface area contributed by atoms with Crippen molar-refractivity contribution >= 4 is 23.2 Å². The highest BCUT2D eigenvalue weighted by molar-refractivity contribution is 6.32. The fourth-order valence-electron chi connectivity index (χ4n) is 3.69. The molecule has 2 aromatic rings. The molecule has 0 N–H and O–H groups in total. The molecule has 2 heterocycles. The Morgan fingerprint density at radius 2 is 1.85 bits per heavy atom. The van der Waals surface area contributed by atoms with E-state index in [0.29, 0.717) is 6.54 Å². The third kappa shape index (κ3) is 3.16. The van der Waals surface area contributed by atoms with Crippen molar-refractivity contribution < 1.29 is 4.79 Å². The van der Waals surface area contributed by atoms with E-state index in [-0.39, 0.29) is 17.4 Å². The van der Waals surface area contributed by atoms with Crippen molar-refractivity contribution in [3.63, 3.8) is 0 Å². The number of amides is 1. The van der Waals surface area contributed by atoms with Crippen molar-refractivity contribution in [1.82, 2.24) is 9.78 Å². The molecule has 1 unspecified atom stereocenters. The molecular weight excluding hydrogens is 346 g/mol. The first-order valence-electron chi connectivity index (χ1n) is 9.44. The summed E-state index contributed by atoms with van der Waals surface area (Å²) in [6.07, 6.45) is 4.81. The lowest BCUT2D eigenvalue weighted by Crippen LogP contribution is -2.29. The van der Waals surface area contributed by atoms with E-state index in [1.165, 1.54) is 0 Å². The molecule has 1 fully saturated rings. The van der Waals surface area contributed by atoms with Crippen LogP contribution in [-0.4, -0.2) is 22.2 Å². The van der Waals surface area contributed by atoms with Crippen LogP contribution >= 0.6 is 11.6 Å². The number of hydrogen-bond acceptors (Lipinski definition) is 2. The Kier molecular flexibility index (Phi) is 5.16. The molecule has 26 heavy (non-hydrogen) atoms. The molecule has 0 saturated carbocycles. The van der Waals surface area contributed by atoms with Gasteiger partial charge in [0.1, 0.15) is 6.04 Å². The predicted molar refractivity (Wildman–Crippen MR) is 107 cm³/mol. The minimum Gasteiger partial charge on any atom is -0.310 e. The van der Waals surface area contributed by atoms with E-state index in [1.54, 1.807) is 0 Å². The molecule has 0 radical (unpaired) electrons. The zero-order valence-electron chi connectivity index (χ0n) is 16.3. The van der Waals surface area contributed by atoms with Crippen molar-refractivity contribution in [2.45, 2.75) is 65.3 Å². The zero-order chi connectivity index (χ0) is 19.1. The first-order chi connectivity index (χ1) is 12.3. The van der Waals surface area contributed by atoms with E-state index in [1.807, 2.05) is 41.8 Å². The average Bonchev–Trinajstić information content (AvgIpc) is 3.25. The number of aromatic nitrogens is 2. The lowest BCUT2D eigenvalue weighted by molar-refractivity contribution is -0.120. The van der Waals surface area contributed by atoms with Crippen molar-refractivity contribution in [3.05, 3.63) is 46.2 Å². The summed E-state index contributed by atoms with van der Waals surface area (Å²) in [4.78, 5) is 14.9. The summed E-state index contributed by atoms with van der Waals surface area (Å²) in [5, 5.41) is 5.55. The molecular formula is C21H28ClN3O. The van der Waals surface area contributed by atoms with Crippen molar-refractivity contribution in [2.24, 2.45) is 0 Å². The molecule has 1 saturated heterocycles. The van der Waals surface area contributed by atoms with Gasteiger partial charge in [-0.05, 0) is 62.4 Å². The van der Waals surface area contributed by atoms with Crippen LogP contribution in [0.15, 0.2) is 24.4 Å². The van der Waals surface area contributed by atoms with Gasteiger partial charge in [0, 0.05) is 28.9 Å². The van der Waals surface area contributed by atoms with Gasteiger partial charge in [0.2, 0.25) is 0 Å². The number of nitrogens with zero attached hydrogens (tertiary/aromatic N) is 3. The molecule has 0 aliphatic carbocycles. The lowest BCUT2D eigenvalue weighted by atomic mass is 9.82. The molecule has 1 aromatic heterocycles. The predicted octanol–water partition coefficient (Wildman–Crippen LogP) is 5.21. The topological polar surface area (TPSA) is 38.1 Å². The summed E-state index contributed by atoms with van der Waals surface area (Å²) < 4.78 is 1.86. The molecule has 0 spiro atoms. The van der Waals surface area contributed by atoms with E-state index in [2.05, 4.69) is 26.8 Å². The van der Waals surface area contributed by atoms with E-state index in [9.17, 15) is 4.79 Å². The number of benzene rings is 1. The van der Waals surface area contributed by atoms with Crippen LogP contribution in [0.1, 0.15) is 62.9 Å². The molecule has 1 aromatic carbocycles. The minimum absolute atomic E-state index is 0.0665. The first kappa shape index (κ1) is 19.0. The van der Waals surface area contributed by atoms with Crippen LogP contribution < -0.4 is 4.90 Å². The minimum atomic E-state index is -0.224. The van der Waals surface area contributed by atoms with Gasteiger partial charge in [-0.1, -0.05) is 32.4 Å². The molecule has 140 valence electrons. The molecule has 1 amide bonds. The van der Waals surface area contributed by atoms with Gasteiger partial charge < -0.3 is 4.90 Å². The standard InChI is InChI=1S/C21H28ClN3O/c1-6-21(5,7-2)18-9-11-25(23-18)17-8-10-24(20(17)26)16-12-14(3)19(22)15(4)13-16/h9,11-13,17H,6-8,10H2,1-5H3. The van der Waals surface area contributed by atoms with E-state index in [0.717, 1.165) is 46.8 Å². The molecule has 4 nitrogen and oxygen atoms in total. The van der Waals surface area contributed by atoms with Crippen LogP contribution in [0.2, 0.25) is 5.02 Å². The fourth-order valence-corrected chi connectivity index (χ4v) is 3.80. The van der Waals surface area contributed by atoms with Crippen LogP contribution in [0.5, 0.6) is 0 Å².